The van der Waals surface area contributed by atoms with Gasteiger partial charge in [0.1, 0.15) is 0 Å². The average molecular weight is 406 g/mol. The number of benzene rings is 2. The van der Waals surface area contributed by atoms with E-state index in [9.17, 15) is 4.79 Å². The molecule has 2 heterocycles. The molecule has 4 rings (SSSR count). The number of carbonyl (C=O) groups excluding carboxylic acids is 1. The van der Waals surface area contributed by atoms with E-state index >= 15 is 0 Å². The van der Waals surface area contributed by atoms with Gasteiger partial charge in [-0.1, -0.05) is 42.5 Å². The monoisotopic (exact) mass is 405 g/mol. The Hall–Kier alpha value is -2.63. The molecule has 2 N–H and O–H groups in total. The van der Waals surface area contributed by atoms with E-state index in [1.165, 1.54) is 22.1 Å². The largest absolute Gasteiger partial charge is 0.373 e. The van der Waals surface area contributed by atoms with Crippen molar-refractivity contribution >= 4 is 16.8 Å². The molecule has 1 aliphatic rings. The lowest BCUT2D eigenvalue weighted by atomic mass is 10.1. The van der Waals surface area contributed by atoms with Gasteiger partial charge in [-0.05, 0) is 43.0 Å². The van der Waals surface area contributed by atoms with E-state index in [1.54, 1.807) is 0 Å². The molecule has 1 amide bonds. The summed E-state index contributed by atoms with van der Waals surface area (Å²) in [5.74, 6) is 0.0868. The molecule has 1 aromatic heterocycles. The number of aromatic amines is 1. The van der Waals surface area contributed by atoms with Crippen LogP contribution in [-0.2, 0) is 29.0 Å². The Labute approximate surface area is 178 Å². The molecule has 3 aromatic rings. The Balaban J connectivity index is 1.32. The number of rotatable bonds is 7. The zero-order chi connectivity index (χ0) is 20.9. The van der Waals surface area contributed by atoms with Gasteiger partial charge in [-0.15, -0.1) is 0 Å². The van der Waals surface area contributed by atoms with Crippen molar-refractivity contribution in [1.29, 1.82) is 0 Å². The summed E-state index contributed by atoms with van der Waals surface area (Å²) >= 11 is 0. The fraction of sp³-hybridized carbons (Fsp3) is 0.400. The smallest absolute Gasteiger partial charge is 0.220 e. The van der Waals surface area contributed by atoms with Gasteiger partial charge in [0.2, 0.25) is 5.91 Å². The molecule has 158 valence electrons. The van der Waals surface area contributed by atoms with Gasteiger partial charge >= 0.3 is 0 Å². The molecule has 0 aliphatic carbocycles. The van der Waals surface area contributed by atoms with Gasteiger partial charge in [-0.25, -0.2) is 0 Å². The Morgan fingerprint density at radius 3 is 2.53 bits per heavy atom. The predicted molar refractivity (Wildman–Crippen MR) is 120 cm³/mol. The number of para-hydroxylation sites is 1. The van der Waals surface area contributed by atoms with Crippen LogP contribution >= 0.6 is 0 Å². The first-order chi connectivity index (χ1) is 14.6. The number of amides is 1. The lowest BCUT2D eigenvalue weighted by Gasteiger charge is -2.35. The molecular formula is C25H31N3O2. The zero-order valence-electron chi connectivity index (χ0n) is 17.9. The van der Waals surface area contributed by atoms with Crippen LogP contribution in [0.3, 0.4) is 0 Å². The molecule has 0 unspecified atom stereocenters. The van der Waals surface area contributed by atoms with E-state index < -0.39 is 0 Å². The lowest BCUT2D eigenvalue weighted by molar-refractivity contribution is -0.121. The van der Waals surface area contributed by atoms with E-state index in [2.05, 4.69) is 59.4 Å². The van der Waals surface area contributed by atoms with E-state index in [-0.39, 0.29) is 18.1 Å². The number of morpholine rings is 1. The van der Waals surface area contributed by atoms with E-state index in [4.69, 9.17) is 4.74 Å². The van der Waals surface area contributed by atoms with Gasteiger partial charge < -0.3 is 15.0 Å². The van der Waals surface area contributed by atoms with Crippen molar-refractivity contribution in [3.63, 3.8) is 0 Å². The van der Waals surface area contributed by atoms with E-state index in [0.29, 0.717) is 13.0 Å². The summed E-state index contributed by atoms with van der Waals surface area (Å²) in [4.78, 5) is 18.2. The maximum absolute atomic E-state index is 12.5. The number of aromatic nitrogens is 1. The van der Waals surface area contributed by atoms with Crippen LogP contribution in [0, 0.1) is 0 Å². The molecule has 5 nitrogen and oxygen atoms in total. The molecule has 0 radical (unpaired) electrons. The SMILES string of the molecule is C[C@H]1CN(Cc2ccccc2CNC(=O)CCc2c[nH]c3ccccc23)C[C@H](C)O1. The van der Waals surface area contributed by atoms with Crippen LogP contribution in [0.15, 0.2) is 54.7 Å². The summed E-state index contributed by atoms with van der Waals surface area (Å²) in [5.41, 5.74) is 4.77. The van der Waals surface area contributed by atoms with Gasteiger partial charge in [0, 0.05) is 49.7 Å². The van der Waals surface area contributed by atoms with Crippen molar-refractivity contribution in [3.05, 3.63) is 71.4 Å². The second kappa shape index (κ2) is 9.45. The number of aryl methyl sites for hydroxylation is 1. The van der Waals surface area contributed by atoms with Crippen LogP contribution in [0.25, 0.3) is 10.9 Å². The Bertz CT molecular complexity index is 987. The number of carbonyl (C=O) groups is 1. The number of ether oxygens (including phenoxy) is 1. The van der Waals surface area contributed by atoms with Crippen molar-refractivity contribution in [2.75, 3.05) is 13.1 Å². The second-order valence-electron chi connectivity index (χ2n) is 8.36. The molecule has 0 bridgehead atoms. The molecule has 1 fully saturated rings. The van der Waals surface area contributed by atoms with Crippen LogP contribution < -0.4 is 5.32 Å². The number of hydrogen-bond donors (Lipinski definition) is 2. The highest BCUT2D eigenvalue weighted by Gasteiger charge is 2.22. The molecular weight excluding hydrogens is 374 g/mol. The molecule has 1 aliphatic heterocycles. The van der Waals surface area contributed by atoms with E-state index in [1.807, 2.05) is 24.4 Å². The number of hydrogen-bond acceptors (Lipinski definition) is 3. The summed E-state index contributed by atoms with van der Waals surface area (Å²) in [6, 6.07) is 16.6. The molecule has 0 saturated carbocycles. The van der Waals surface area contributed by atoms with Crippen molar-refractivity contribution in [2.24, 2.45) is 0 Å². The number of nitrogens with zero attached hydrogens (tertiary/aromatic N) is 1. The van der Waals surface area contributed by atoms with Crippen molar-refractivity contribution in [2.45, 2.75) is 52.0 Å². The Morgan fingerprint density at radius 2 is 1.73 bits per heavy atom. The summed E-state index contributed by atoms with van der Waals surface area (Å²) in [7, 11) is 0. The van der Waals surface area contributed by atoms with Gasteiger partial charge in [-0.2, -0.15) is 0 Å². The van der Waals surface area contributed by atoms with Crippen LogP contribution in [0.2, 0.25) is 0 Å². The standard InChI is InChI=1S/C25H31N3O2/c1-18-15-28(16-19(2)30-18)17-22-8-4-3-7-20(22)13-27-25(29)12-11-21-14-26-24-10-6-5-9-23(21)24/h3-10,14,18-19,26H,11-13,15-17H2,1-2H3,(H,27,29)/t18-,19-/m0/s1. The summed E-state index contributed by atoms with van der Waals surface area (Å²) < 4.78 is 5.85. The van der Waals surface area contributed by atoms with Gasteiger partial charge in [0.05, 0.1) is 12.2 Å². The fourth-order valence-electron chi connectivity index (χ4n) is 4.41. The van der Waals surface area contributed by atoms with Crippen LogP contribution in [-0.4, -0.2) is 41.1 Å². The number of nitrogens with one attached hydrogen (secondary N) is 2. The van der Waals surface area contributed by atoms with Crippen molar-refractivity contribution in [3.8, 4) is 0 Å². The first kappa shape index (κ1) is 20.6. The molecule has 30 heavy (non-hydrogen) atoms. The zero-order valence-corrected chi connectivity index (χ0v) is 17.9. The van der Waals surface area contributed by atoms with Gasteiger partial charge in [0.25, 0.3) is 0 Å². The Morgan fingerprint density at radius 1 is 1.03 bits per heavy atom. The highest BCUT2D eigenvalue weighted by Crippen LogP contribution is 2.19. The van der Waals surface area contributed by atoms with Crippen LogP contribution in [0.5, 0.6) is 0 Å². The molecule has 5 heteroatoms. The third-order valence-electron chi connectivity index (χ3n) is 5.78. The maximum Gasteiger partial charge on any atom is 0.220 e. The quantitative estimate of drug-likeness (QED) is 0.624. The predicted octanol–water partition coefficient (Wildman–Crippen LogP) is 4.03. The van der Waals surface area contributed by atoms with Crippen LogP contribution in [0.4, 0.5) is 0 Å². The average Bonchev–Trinajstić information content (AvgIpc) is 3.14. The minimum absolute atomic E-state index is 0.0868. The van der Waals surface area contributed by atoms with Gasteiger partial charge in [0.15, 0.2) is 0 Å². The molecule has 2 atom stereocenters. The summed E-state index contributed by atoms with van der Waals surface area (Å²) in [6.07, 6.45) is 3.75. The normalized spacial score (nSPS) is 19.8. The maximum atomic E-state index is 12.5. The lowest BCUT2D eigenvalue weighted by Crippen LogP contribution is -2.45. The molecule has 2 aromatic carbocycles. The summed E-state index contributed by atoms with van der Waals surface area (Å²) in [5, 5.41) is 4.31. The molecule has 0 spiro atoms. The highest BCUT2D eigenvalue weighted by atomic mass is 16.5. The minimum atomic E-state index is 0.0868. The first-order valence-corrected chi connectivity index (χ1v) is 10.8. The molecule has 1 saturated heterocycles. The Kier molecular flexibility index (Phi) is 6.50. The van der Waals surface area contributed by atoms with Crippen molar-refractivity contribution < 1.29 is 9.53 Å². The number of fused-ring (bicyclic) bond motifs is 1. The second-order valence-corrected chi connectivity index (χ2v) is 8.36. The van der Waals surface area contributed by atoms with Gasteiger partial charge in [-0.3, -0.25) is 9.69 Å². The number of H-pyrrole nitrogens is 1. The first-order valence-electron chi connectivity index (χ1n) is 10.8. The topological polar surface area (TPSA) is 57.4 Å². The fourth-order valence-corrected chi connectivity index (χ4v) is 4.41. The van der Waals surface area contributed by atoms with Crippen molar-refractivity contribution in [1.82, 2.24) is 15.2 Å². The van der Waals surface area contributed by atoms with Crippen LogP contribution in [0.1, 0.15) is 37.0 Å². The van der Waals surface area contributed by atoms with E-state index in [0.717, 1.165) is 31.6 Å². The summed E-state index contributed by atoms with van der Waals surface area (Å²) in [6.45, 7) is 7.59. The third-order valence-corrected chi connectivity index (χ3v) is 5.78. The minimum Gasteiger partial charge on any atom is -0.373 e. The third kappa shape index (κ3) is 5.10. The highest BCUT2D eigenvalue weighted by molar-refractivity contribution is 5.84.